The Labute approximate surface area is 104 Å². The normalized spacial score (nSPS) is 10.9. The lowest BCUT2D eigenvalue weighted by molar-refractivity contribution is 0.328. The topological polar surface area (TPSA) is 16.1 Å². The highest BCUT2D eigenvalue weighted by Crippen LogP contribution is 2.01. The second kappa shape index (κ2) is 8.54. The monoisotopic (exact) mass is 240 g/mol. The molecule has 0 saturated carbocycles. The summed E-state index contributed by atoms with van der Waals surface area (Å²) in [5, 5.41) is 0. The van der Waals surface area contributed by atoms with Crippen molar-refractivity contribution in [2.45, 2.75) is 25.7 Å². The van der Waals surface area contributed by atoms with Gasteiger partial charge in [0.2, 0.25) is 0 Å². The van der Waals surface area contributed by atoms with Crippen LogP contribution in [0.3, 0.4) is 0 Å². The number of nitrogens with zero attached hydrogens (tertiary/aromatic N) is 2. The molecular weight excluding hydrogens is 220 g/mol. The van der Waals surface area contributed by atoms with E-state index in [9.17, 15) is 0 Å². The van der Waals surface area contributed by atoms with Crippen LogP contribution in [0.4, 0.5) is 0 Å². The van der Waals surface area contributed by atoms with Gasteiger partial charge in [-0.15, -0.1) is 11.6 Å². The predicted octanol–water partition coefficient (Wildman–Crippen LogP) is 2.97. The third kappa shape index (κ3) is 6.09. The third-order valence-electron chi connectivity index (χ3n) is 2.65. The van der Waals surface area contributed by atoms with Crippen molar-refractivity contribution < 1.29 is 0 Å². The van der Waals surface area contributed by atoms with Gasteiger partial charge in [0.1, 0.15) is 0 Å². The van der Waals surface area contributed by atoms with Crippen LogP contribution < -0.4 is 0 Å². The zero-order valence-corrected chi connectivity index (χ0v) is 10.8. The SMILES string of the molecule is CN(CCCCCCl)CCc1ccccn1. The number of halogens is 1. The van der Waals surface area contributed by atoms with Gasteiger partial charge in [-0.2, -0.15) is 0 Å². The number of alkyl halides is 1. The molecule has 0 amide bonds. The molecule has 1 heterocycles. The molecule has 0 unspecified atom stereocenters. The quantitative estimate of drug-likeness (QED) is 0.513. The Morgan fingerprint density at radius 2 is 2.06 bits per heavy atom. The van der Waals surface area contributed by atoms with Gasteiger partial charge in [-0.05, 0) is 38.6 Å². The molecule has 0 radical (unpaired) electrons. The van der Waals surface area contributed by atoms with E-state index in [1.54, 1.807) is 0 Å². The molecule has 3 heteroatoms. The van der Waals surface area contributed by atoms with Crippen LogP contribution in [0, 0.1) is 0 Å². The van der Waals surface area contributed by atoms with Crippen LogP contribution in [0.15, 0.2) is 24.4 Å². The number of pyridine rings is 1. The maximum atomic E-state index is 5.64. The van der Waals surface area contributed by atoms with E-state index in [0.29, 0.717) is 0 Å². The molecule has 0 aliphatic rings. The summed E-state index contributed by atoms with van der Waals surface area (Å²) in [7, 11) is 2.17. The van der Waals surface area contributed by atoms with E-state index in [1.165, 1.54) is 18.5 Å². The lowest BCUT2D eigenvalue weighted by Crippen LogP contribution is -2.22. The highest BCUT2D eigenvalue weighted by molar-refractivity contribution is 6.17. The fraction of sp³-hybridized carbons (Fsp3) is 0.615. The van der Waals surface area contributed by atoms with Crippen molar-refractivity contribution in [1.82, 2.24) is 9.88 Å². The number of aromatic nitrogens is 1. The molecule has 16 heavy (non-hydrogen) atoms. The minimum absolute atomic E-state index is 0.789. The van der Waals surface area contributed by atoms with Crippen LogP contribution in [0.2, 0.25) is 0 Å². The number of rotatable bonds is 8. The highest BCUT2D eigenvalue weighted by atomic mass is 35.5. The first kappa shape index (κ1) is 13.5. The second-order valence-corrected chi connectivity index (χ2v) is 4.50. The molecule has 0 fully saturated rings. The Bertz CT molecular complexity index is 264. The zero-order chi connectivity index (χ0) is 11.6. The van der Waals surface area contributed by atoms with Crippen LogP contribution in [0.5, 0.6) is 0 Å². The zero-order valence-electron chi connectivity index (χ0n) is 10.0. The maximum Gasteiger partial charge on any atom is 0.0416 e. The predicted molar refractivity (Wildman–Crippen MR) is 70.0 cm³/mol. The first-order valence-corrected chi connectivity index (χ1v) is 6.51. The molecular formula is C13H21ClN2. The van der Waals surface area contributed by atoms with Crippen molar-refractivity contribution in [3.05, 3.63) is 30.1 Å². The Balaban J connectivity index is 2.08. The van der Waals surface area contributed by atoms with Crippen LogP contribution in [-0.2, 0) is 6.42 Å². The molecule has 0 spiro atoms. The van der Waals surface area contributed by atoms with Gasteiger partial charge in [0.25, 0.3) is 0 Å². The van der Waals surface area contributed by atoms with Gasteiger partial charge in [-0.25, -0.2) is 0 Å². The minimum Gasteiger partial charge on any atom is -0.306 e. The first-order valence-electron chi connectivity index (χ1n) is 5.97. The molecule has 1 rings (SSSR count). The third-order valence-corrected chi connectivity index (χ3v) is 2.92. The van der Waals surface area contributed by atoms with Gasteiger partial charge in [0.15, 0.2) is 0 Å². The Morgan fingerprint density at radius 3 is 2.75 bits per heavy atom. The molecule has 0 aromatic carbocycles. The van der Waals surface area contributed by atoms with Crippen LogP contribution in [0.25, 0.3) is 0 Å². The van der Waals surface area contributed by atoms with E-state index in [0.717, 1.165) is 31.8 Å². The molecule has 0 bridgehead atoms. The summed E-state index contributed by atoms with van der Waals surface area (Å²) in [5.74, 6) is 0.789. The summed E-state index contributed by atoms with van der Waals surface area (Å²) in [6.45, 7) is 2.24. The minimum atomic E-state index is 0.789. The number of hydrogen-bond donors (Lipinski definition) is 0. The molecule has 0 aliphatic carbocycles. The highest BCUT2D eigenvalue weighted by Gasteiger charge is 1.99. The molecule has 90 valence electrons. The molecule has 1 aromatic rings. The smallest absolute Gasteiger partial charge is 0.0416 e. The van der Waals surface area contributed by atoms with Gasteiger partial charge in [-0.3, -0.25) is 4.98 Å². The van der Waals surface area contributed by atoms with Crippen molar-refractivity contribution in [3.63, 3.8) is 0 Å². The van der Waals surface area contributed by atoms with Crippen LogP contribution >= 0.6 is 11.6 Å². The van der Waals surface area contributed by atoms with Gasteiger partial charge in [-0.1, -0.05) is 12.5 Å². The summed E-state index contributed by atoms with van der Waals surface area (Å²) in [4.78, 5) is 6.68. The van der Waals surface area contributed by atoms with Crippen molar-refractivity contribution in [2.24, 2.45) is 0 Å². The summed E-state index contributed by atoms with van der Waals surface area (Å²) >= 11 is 5.64. The lowest BCUT2D eigenvalue weighted by Gasteiger charge is -2.15. The molecule has 0 saturated heterocycles. The fourth-order valence-electron chi connectivity index (χ4n) is 1.62. The van der Waals surface area contributed by atoms with Gasteiger partial charge < -0.3 is 4.90 Å². The lowest BCUT2D eigenvalue weighted by atomic mass is 10.2. The Kier molecular flexibility index (Phi) is 7.19. The maximum absolute atomic E-state index is 5.64. The second-order valence-electron chi connectivity index (χ2n) is 4.12. The Morgan fingerprint density at radius 1 is 1.19 bits per heavy atom. The van der Waals surface area contributed by atoms with Crippen molar-refractivity contribution in [1.29, 1.82) is 0 Å². The van der Waals surface area contributed by atoms with E-state index in [2.05, 4.69) is 23.0 Å². The van der Waals surface area contributed by atoms with Crippen molar-refractivity contribution in [2.75, 3.05) is 26.0 Å². The molecule has 0 aliphatic heterocycles. The van der Waals surface area contributed by atoms with Crippen molar-refractivity contribution in [3.8, 4) is 0 Å². The number of likely N-dealkylation sites (N-methyl/N-ethyl adjacent to an activating group) is 1. The molecule has 2 nitrogen and oxygen atoms in total. The van der Waals surface area contributed by atoms with Gasteiger partial charge >= 0.3 is 0 Å². The summed E-state index contributed by atoms with van der Waals surface area (Å²) in [6.07, 6.45) is 6.50. The van der Waals surface area contributed by atoms with E-state index >= 15 is 0 Å². The molecule has 0 N–H and O–H groups in total. The summed E-state index contributed by atoms with van der Waals surface area (Å²) in [5.41, 5.74) is 1.18. The average Bonchev–Trinajstić information content (AvgIpc) is 2.33. The largest absolute Gasteiger partial charge is 0.306 e. The van der Waals surface area contributed by atoms with Gasteiger partial charge in [0.05, 0.1) is 0 Å². The van der Waals surface area contributed by atoms with Crippen molar-refractivity contribution >= 4 is 11.6 Å². The fourth-order valence-corrected chi connectivity index (χ4v) is 1.81. The number of unbranched alkanes of at least 4 members (excludes halogenated alkanes) is 2. The average molecular weight is 241 g/mol. The van der Waals surface area contributed by atoms with E-state index < -0.39 is 0 Å². The molecule has 1 aromatic heterocycles. The van der Waals surface area contributed by atoms with E-state index in [4.69, 9.17) is 11.6 Å². The summed E-state index contributed by atoms with van der Waals surface area (Å²) in [6, 6.07) is 6.09. The number of hydrogen-bond acceptors (Lipinski definition) is 2. The van der Waals surface area contributed by atoms with E-state index in [-0.39, 0.29) is 0 Å². The van der Waals surface area contributed by atoms with Crippen LogP contribution in [-0.4, -0.2) is 35.9 Å². The van der Waals surface area contributed by atoms with Crippen LogP contribution in [0.1, 0.15) is 25.0 Å². The standard InChI is InChI=1S/C13H21ClN2/c1-16(11-6-2-4-9-14)12-8-13-7-3-5-10-15-13/h3,5,7,10H,2,4,6,8-9,11-12H2,1H3. The summed E-state index contributed by atoms with van der Waals surface area (Å²) < 4.78 is 0. The van der Waals surface area contributed by atoms with E-state index in [1.807, 2.05) is 18.3 Å². The molecule has 0 atom stereocenters. The Hall–Kier alpha value is -0.600. The van der Waals surface area contributed by atoms with Gasteiger partial charge in [0, 0.05) is 30.7 Å². The first-order chi connectivity index (χ1) is 7.83.